The van der Waals surface area contributed by atoms with E-state index in [9.17, 15) is 9.18 Å². The van der Waals surface area contributed by atoms with Crippen LogP contribution < -0.4 is 5.32 Å². The summed E-state index contributed by atoms with van der Waals surface area (Å²) < 4.78 is 24.4. The van der Waals surface area contributed by atoms with Crippen molar-refractivity contribution in [3.63, 3.8) is 0 Å². The normalized spacial score (nSPS) is 11.0. The molecule has 0 saturated carbocycles. The maximum Gasteiger partial charge on any atom is 0.169 e. The molecule has 0 aliphatic rings. The molecule has 0 aliphatic heterocycles. The summed E-state index contributed by atoms with van der Waals surface area (Å²) in [5.41, 5.74) is 0.984. The van der Waals surface area contributed by atoms with E-state index in [0.29, 0.717) is 42.1 Å². The maximum absolute atomic E-state index is 13.9. The Morgan fingerprint density at radius 3 is 2.86 bits per heavy atom. The van der Waals surface area contributed by atoms with Gasteiger partial charge in [0.2, 0.25) is 0 Å². The first kappa shape index (κ1) is 19.6. The summed E-state index contributed by atoms with van der Waals surface area (Å²) in [7, 11) is 0. The summed E-state index contributed by atoms with van der Waals surface area (Å²) in [5.74, 6) is 0.661. The van der Waals surface area contributed by atoms with E-state index in [0.717, 1.165) is 0 Å². The highest BCUT2D eigenvalue weighted by Gasteiger charge is 2.15. The van der Waals surface area contributed by atoms with Crippen LogP contribution in [0.1, 0.15) is 28.7 Å². The molecule has 3 rings (SSSR count). The second-order valence-corrected chi connectivity index (χ2v) is 6.04. The molecule has 0 bridgehead atoms. The van der Waals surface area contributed by atoms with E-state index >= 15 is 0 Å². The second kappa shape index (κ2) is 9.14. The lowest BCUT2D eigenvalue weighted by Gasteiger charge is -2.12. The van der Waals surface area contributed by atoms with E-state index in [4.69, 9.17) is 20.8 Å². The molecule has 6 nitrogen and oxygen atoms in total. The number of furan rings is 1. The van der Waals surface area contributed by atoms with Gasteiger partial charge in [-0.05, 0) is 43.3 Å². The Morgan fingerprint density at radius 1 is 1.32 bits per heavy atom. The van der Waals surface area contributed by atoms with E-state index in [1.54, 1.807) is 30.5 Å². The fraction of sp³-hybridized carbons (Fsp3) is 0.150. The van der Waals surface area contributed by atoms with Gasteiger partial charge in [-0.1, -0.05) is 11.6 Å². The Kier molecular flexibility index (Phi) is 6.39. The molecule has 1 N–H and O–H groups in total. The van der Waals surface area contributed by atoms with Crippen LogP contribution in [0.2, 0.25) is 5.02 Å². The number of halogens is 2. The first-order chi connectivity index (χ1) is 13.6. The van der Waals surface area contributed by atoms with Crippen molar-refractivity contribution in [1.29, 1.82) is 0 Å². The highest BCUT2D eigenvalue weighted by Crippen LogP contribution is 2.26. The highest BCUT2D eigenvalue weighted by atomic mass is 35.5. The molecule has 0 aliphatic carbocycles. The van der Waals surface area contributed by atoms with Crippen LogP contribution in [0, 0.1) is 5.82 Å². The molecule has 3 aromatic rings. The third-order valence-electron chi connectivity index (χ3n) is 3.77. The number of nitrogens with one attached hydrogen (secondary N) is 1. The summed E-state index contributed by atoms with van der Waals surface area (Å²) in [6, 6.07) is 7.79. The zero-order chi connectivity index (χ0) is 19.9. The summed E-state index contributed by atoms with van der Waals surface area (Å²) in [5, 5.41) is 3.12. The van der Waals surface area contributed by atoms with E-state index in [1.165, 1.54) is 18.4 Å². The first-order valence-corrected chi connectivity index (χ1v) is 8.87. The van der Waals surface area contributed by atoms with Gasteiger partial charge in [0, 0.05) is 11.1 Å². The van der Waals surface area contributed by atoms with Gasteiger partial charge in [0.15, 0.2) is 12.1 Å². The van der Waals surface area contributed by atoms with Crippen molar-refractivity contribution in [2.75, 3.05) is 11.9 Å². The van der Waals surface area contributed by atoms with Gasteiger partial charge < -0.3 is 14.5 Å². The van der Waals surface area contributed by atoms with Crippen LogP contribution >= 0.6 is 11.6 Å². The second-order valence-electron chi connectivity index (χ2n) is 5.63. The van der Waals surface area contributed by atoms with Crippen LogP contribution in [0.15, 0.2) is 47.3 Å². The van der Waals surface area contributed by atoms with Crippen LogP contribution in [0.4, 0.5) is 10.2 Å². The number of aromatic nitrogens is 2. The smallest absolute Gasteiger partial charge is 0.169 e. The molecule has 0 saturated heterocycles. The third-order valence-corrected chi connectivity index (χ3v) is 4.08. The Labute approximate surface area is 166 Å². The largest absolute Gasteiger partial charge is 0.501 e. The van der Waals surface area contributed by atoms with Crippen molar-refractivity contribution in [3.05, 3.63) is 70.7 Å². The number of carbonyl (C=O) groups excluding carboxylic acids is 1. The molecule has 2 heterocycles. The number of carbonyl (C=O) groups is 1. The molecule has 0 unspecified atom stereocenters. The number of hydrogen-bond donors (Lipinski definition) is 1. The molecular weight excluding hydrogens is 385 g/mol. The molecule has 144 valence electrons. The standard InChI is InChI=1S/C20H17ClFN3O3/c1-2-27-9-7-15-18(12-26)24-19(13-5-6-16(21)17(22)10-13)25-20(15)23-11-14-4-3-8-28-14/h3-10,12H,2,11H2,1H3,(H,23,24,25)/b9-7-. The van der Waals surface area contributed by atoms with Crippen LogP contribution in [0.25, 0.3) is 17.5 Å². The summed E-state index contributed by atoms with van der Waals surface area (Å²) in [6.07, 6.45) is 5.24. The molecule has 0 fully saturated rings. The predicted octanol–water partition coefficient (Wildman–Crippen LogP) is 4.96. The van der Waals surface area contributed by atoms with Crippen molar-refractivity contribution < 1.29 is 18.3 Å². The van der Waals surface area contributed by atoms with Gasteiger partial charge in [-0.3, -0.25) is 4.79 Å². The fourth-order valence-corrected chi connectivity index (χ4v) is 2.55. The van der Waals surface area contributed by atoms with E-state index < -0.39 is 5.82 Å². The van der Waals surface area contributed by atoms with Gasteiger partial charge in [0.05, 0.1) is 30.7 Å². The Bertz CT molecular complexity index is 991. The number of benzene rings is 1. The van der Waals surface area contributed by atoms with Gasteiger partial charge in [-0.25, -0.2) is 14.4 Å². The third kappa shape index (κ3) is 4.55. The number of aldehydes is 1. The minimum absolute atomic E-state index is 0.00760. The van der Waals surface area contributed by atoms with E-state index in [2.05, 4.69) is 15.3 Å². The molecule has 0 amide bonds. The minimum Gasteiger partial charge on any atom is -0.501 e. The molecule has 8 heteroatoms. The summed E-state index contributed by atoms with van der Waals surface area (Å²) in [6.45, 7) is 2.66. The van der Waals surface area contributed by atoms with Crippen molar-refractivity contribution in [2.45, 2.75) is 13.5 Å². The van der Waals surface area contributed by atoms with Crippen LogP contribution in [-0.2, 0) is 11.3 Å². The maximum atomic E-state index is 13.9. The molecule has 0 radical (unpaired) electrons. The minimum atomic E-state index is -0.596. The molecule has 0 atom stereocenters. The molecule has 28 heavy (non-hydrogen) atoms. The molecular formula is C20H17ClFN3O3. The zero-order valence-corrected chi connectivity index (χ0v) is 15.7. The van der Waals surface area contributed by atoms with Crippen LogP contribution in [0.5, 0.6) is 0 Å². The number of rotatable bonds is 8. The van der Waals surface area contributed by atoms with Gasteiger partial charge in [0.1, 0.15) is 23.1 Å². The van der Waals surface area contributed by atoms with Gasteiger partial charge in [0.25, 0.3) is 0 Å². The average molecular weight is 402 g/mol. The summed E-state index contributed by atoms with van der Waals surface area (Å²) >= 11 is 5.74. The summed E-state index contributed by atoms with van der Waals surface area (Å²) in [4.78, 5) is 20.4. The lowest BCUT2D eigenvalue weighted by Crippen LogP contribution is -2.08. The van der Waals surface area contributed by atoms with Crippen molar-refractivity contribution in [3.8, 4) is 11.4 Å². The van der Waals surface area contributed by atoms with Crippen molar-refractivity contribution in [2.24, 2.45) is 0 Å². The fourth-order valence-electron chi connectivity index (χ4n) is 2.44. The molecule has 2 aromatic heterocycles. The van der Waals surface area contributed by atoms with Crippen molar-refractivity contribution in [1.82, 2.24) is 9.97 Å². The van der Waals surface area contributed by atoms with E-state index in [-0.39, 0.29) is 16.5 Å². The van der Waals surface area contributed by atoms with Crippen LogP contribution in [0.3, 0.4) is 0 Å². The van der Waals surface area contributed by atoms with Gasteiger partial charge in [-0.2, -0.15) is 0 Å². The zero-order valence-electron chi connectivity index (χ0n) is 15.0. The topological polar surface area (TPSA) is 77.2 Å². The predicted molar refractivity (Wildman–Crippen MR) is 105 cm³/mol. The molecule has 1 aromatic carbocycles. The van der Waals surface area contributed by atoms with Crippen molar-refractivity contribution >= 4 is 29.8 Å². The number of hydrogen-bond acceptors (Lipinski definition) is 6. The first-order valence-electron chi connectivity index (χ1n) is 8.49. The van der Waals surface area contributed by atoms with E-state index in [1.807, 2.05) is 6.92 Å². The number of anilines is 1. The SMILES string of the molecule is CCO/C=C\c1c(C=O)nc(-c2ccc(Cl)c(F)c2)nc1NCc1ccco1. The lowest BCUT2D eigenvalue weighted by molar-refractivity contribution is 0.111. The average Bonchev–Trinajstić information content (AvgIpc) is 3.22. The Hall–Kier alpha value is -3.19. The monoisotopic (exact) mass is 401 g/mol. The highest BCUT2D eigenvalue weighted by molar-refractivity contribution is 6.30. The van der Waals surface area contributed by atoms with Crippen LogP contribution in [-0.4, -0.2) is 22.9 Å². The molecule has 0 spiro atoms. The lowest BCUT2D eigenvalue weighted by atomic mass is 10.1. The quantitative estimate of drug-likeness (QED) is 0.424. The Balaban J connectivity index is 2.04. The van der Waals surface area contributed by atoms with Gasteiger partial charge >= 0.3 is 0 Å². The van der Waals surface area contributed by atoms with Gasteiger partial charge in [-0.15, -0.1) is 0 Å². The Morgan fingerprint density at radius 2 is 2.18 bits per heavy atom. The number of nitrogens with zero attached hydrogens (tertiary/aromatic N) is 2. The number of ether oxygens (including phenoxy) is 1.